The van der Waals surface area contributed by atoms with Gasteiger partial charge in [-0.15, -0.1) is 0 Å². The van der Waals surface area contributed by atoms with Gasteiger partial charge in [-0.1, -0.05) is 33.6 Å². The van der Waals surface area contributed by atoms with Gasteiger partial charge in [0.1, 0.15) is 0 Å². The van der Waals surface area contributed by atoms with Gasteiger partial charge >= 0.3 is 5.97 Å². The van der Waals surface area contributed by atoms with Crippen LogP contribution in [0.3, 0.4) is 0 Å². The van der Waals surface area contributed by atoms with E-state index >= 15 is 0 Å². The highest BCUT2D eigenvalue weighted by Gasteiger charge is 2.07. The highest BCUT2D eigenvalue weighted by Crippen LogP contribution is 2.19. The molecule has 0 radical (unpaired) electrons. The van der Waals surface area contributed by atoms with Crippen LogP contribution in [0.1, 0.15) is 22.8 Å². The van der Waals surface area contributed by atoms with Crippen LogP contribution in [0.25, 0.3) is 0 Å². The van der Waals surface area contributed by atoms with Crippen LogP contribution in [-0.4, -0.2) is 22.2 Å². The third-order valence-electron chi connectivity index (χ3n) is 1.42. The summed E-state index contributed by atoms with van der Waals surface area (Å²) in [6.45, 7) is 1.08. The van der Waals surface area contributed by atoms with Crippen molar-refractivity contribution in [2.45, 2.75) is 12.3 Å². The molecule has 2 N–H and O–H groups in total. The summed E-state index contributed by atoms with van der Waals surface area (Å²) in [6.07, 6.45) is 0. The Hall–Kier alpha value is -1.07. The molecule has 0 saturated heterocycles. The molecule has 0 aliphatic carbocycles. The third kappa shape index (κ3) is 5.72. The van der Waals surface area contributed by atoms with Gasteiger partial charge in [0.25, 0.3) is 5.97 Å². The van der Waals surface area contributed by atoms with Crippen LogP contribution in [0, 0.1) is 0 Å². The first-order chi connectivity index (χ1) is 7.38. The molecule has 0 aliphatic rings. The normalized spacial score (nSPS) is 8.94. The van der Waals surface area contributed by atoms with Crippen molar-refractivity contribution in [1.82, 2.24) is 0 Å². The lowest BCUT2D eigenvalue weighted by molar-refractivity contribution is -0.134. The molecule has 1 aromatic rings. The summed E-state index contributed by atoms with van der Waals surface area (Å²) in [6, 6.07) is 4.87. The van der Waals surface area contributed by atoms with Crippen molar-refractivity contribution >= 4 is 39.5 Å². The Balaban J connectivity index is 0.000000487. The fourth-order valence-electron chi connectivity index (χ4n) is 0.815. The Bertz CT molecular complexity index is 388. The fourth-order valence-corrected chi connectivity index (χ4v) is 1.45. The molecule has 0 unspecified atom stereocenters. The number of aliphatic carboxylic acids is 1. The van der Waals surface area contributed by atoms with Gasteiger partial charge < -0.3 is 10.2 Å². The molecule has 0 bridgehead atoms. The van der Waals surface area contributed by atoms with Crippen molar-refractivity contribution in [2.75, 3.05) is 0 Å². The molecule has 0 amide bonds. The van der Waals surface area contributed by atoms with Crippen molar-refractivity contribution in [3.05, 3.63) is 34.3 Å². The van der Waals surface area contributed by atoms with Crippen LogP contribution in [0.15, 0.2) is 18.2 Å². The highest BCUT2D eigenvalue weighted by atomic mass is 79.9. The molecule has 0 fully saturated rings. The molecule has 6 heteroatoms. The Morgan fingerprint density at radius 2 is 1.88 bits per heavy atom. The molecule has 0 heterocycles. The van der Waals surface area contributed by atoms with Crippen LogP contribution in [0.2, 0.25) is 5.02 Å². The molecule has 0 spiro atoms. The lowest BCUT2D eigenvalue weighted by Gasteiger charge is -2.00. The maximum absolute atomic E-state index is 10.5. The number of aromatic carboxylic acids is 1. The second kappa shape index (κ2) is 7.24. The number of benzene rings is 1. The Morgan fingerprint density at radius 3 is 2.19 bits per heavy atom. The zero-order valence-electron chi connectivity index (χ0n) is 8.41. The molecular weight excluding hydrogens is 299 g/mol. The number of rotatable bonds is 2. The van der Waals surface area contributed by atoms with Crippen LogP contribution in [0.4, 0.5) is 0 Å². The van der Waals surface area contributed by atoms with Gasteiger partial charge in [-0.25, -0.2) is 4.79 Å². The van der Waals surface area contributed by atoms with Gasteiger partial charge in [0.05, 0.1) is 10.6 Å². The number of carboxylic acid groups (broad SMARTS) is 2. The van der Waals surface area contributed by atoms with Crippen molar-refractivity contribution in [2.24, 2.45) is 0 Å². The van der Waals surface area contributed by atoms with Gasteiger partial charge in [-0.05, 0) is 17.7 Å². The second-order valence-electron chi connectivity index (χ2n) is 2.77. The summed E-state index contributed by atoms with van der Waals surface area (Å²) >= 11 is 8.95. The maximum Gasteiger partial charge on any atom is 0.337 e. The monoisotopic (exact) mass is 308 g/mol. The third-order valence-corrected chi connectivity index (χ3v) is 2.38. The lowest BCUT2D eigenvalue weighted by atomic mass is 10.1. The fraction of sp³-hybridized carbons (Fsp3) is 0.200. The zero-order chi connectivity index (χ0) is 12.7. The minimum atomic E-state index is -0.999. The van der Waals surface area contributed by atoms with Gasteiger partial charge in [-0.3, -0.25) is 4.79 Å². The predicted molar refractivity (Wildman–Crippen MR) is 64.4 cm³/mol. The minimum Gasteiger partial charge on any atom is -0.481 e. The SMILES string of the molecule is CC(=O)O.O=C(O)c1ccc(CBr)cc1Cl. The first-order valence-electron chi connectivity index (χ1n) is 4.15. The van der Waals surface area contributed by atoms with Crippen LogP contribution in [0.5, 0.6) is 0 Å². The van der Waals surface area contributed by atoms with E-state index in [-0.39, 0.29) is 10.6 Å². The average Bonchev–Trinajstić information content (AvgIpc) is 2.16. The summed E-state index contributed by atoms with van der Waals surface area (Å²) in [5.41, 5.74) is 1.10. The highest BCUT2D eigenvalue weighted by molar-refractivity contribution is 9.08. The van der Waals surface area contributed by atoms with E-state index in [4.69, 9.17) is 26.6 Å². The summed E-state index contributed by atoms with van der Waals surface area (Å²) in [5.74, 6) is -1.83. The van der Waals surface area contributed by atoms with Crippen molar-refractivity contribution in [3.63, 3.8) is 0 Å². The lowest BCUT2D eigenvalue weighted by Crippen LogP contribution is -1.97. The van der Waals surface area contributed by atoms with Crippen LogP contribution < -0.4 is 0 Å². The average molecular weight is 310 g/mol. The maximum atomic E-state index is 10.5. The molecular formula is C10H10BrClO4. The van der Waals surface area contributed by atoms with Crippen molar-refractivity contribution < 1.29 is 19.8 Å². The Morgan fingerprint density at radius 1 is 1.38 bits per heavy atom. The van der Waals surface area contributed by atoms with E-state index in [1.54, 1.807) is 12.1 Å². The van der Waals surface area contributed by atoms with E-state index in [0.29, 0.717) is 5.33 Å². The first kappa shape index (κ1) is 14.9. The minimum absolute atomic E-state index is 0.140. The van der Waals surface area contributed by atoms with Crippen LogP contribution in [-0.2, 0) is 10.1 Å². The molecule has 16 heavy (non-hydrogen) atoms. The number of halogens is 2. The van der Waals surface area contributed by atoms with Gasteiger partial charge in [-0.2, -0.15) is 0 Å². The van der Waals surface area contributed by atoms with Gasteiger partial charge in [0.2, 0.25) is 0 Å². The molecule has 88 valence electrons. The van der Waals surface area contributed by atoms with E-state index in [0.717, 1.165) is 12.5 Å². The molecule has 1 rings (SSSR count). The van der Waals surface area contributed by atoms with Gasteiger partial charge in [0.15, 0.2) is 0 Å². The number of alkyl halides is 1. The predicted octanol–water partition coefficient (Wildman–Crippen LogP) is 3.02. The number of hydrogen-bond donors (Lipinski definition) is 2. The summed E-state index contributed by atoms with van der Waals surface area (Å²) in [5, 5.41) is 17.0. The largest absolute Gasteiger partial charge is 0.481 e. The number of carboxylic acids is 2. The topological polar surface area (TPSA) is 74.6 Å². The van der Waals surface area contributed by atoms with E-state index < -0.39 is 11.9 Å². The van der Waals surface area contributed by atoms with E-state index in [2.05, 4.69) is 15.9 Å². The Kier molecular flexibility index (Phi) is 6.76. The second-order valence-corrected chi connectivity index (χ2v) is 3.74. The number of carbonyl (C=O) groups is 2. The van der Waals surface area contributed by atoms with Crippen LogP contribution >= 0.6 is 27.5 Å². The molecule has 0 saturated carbocycles. The summed E-state index contributed by atoms with van der Waals surface area (Å²) < 4.78 is 0. The molecule has 0 aromatic heterocycles. The molecule has 0 atom stereocenters. The smallest absolute Gasteiger partial charge is 0.337 e. The van der Waals surface area contributed by atoms with Crippen molar-refractivity contribution in [3.8, 4) is 0 Å². The van der Waals surface area contributed by atoms with Crippen molar-refractivity contribution in [1.29, 1.82) is 0 Å². The first-order valence-corrected chi connectivity index (χ1v) is 5.65. The summed E-state index contributed by atoms with van der Waals surface area (Å²) in [4.78, 5) is 19.5. The quantitative estimate of drug-likeness (QED) is 0.824. The zero-order valence-corrected chi connectivity index (χ0v) is 10.7. The summed E-state index contributed by atoms with van der Waals surface area (Å²) in [7, 11) is 0. The molecule has 0 aliphatic heterocycles. The number of hydrogen-bond acceptors (Lipinski definition) is 2. The van der Waals surface area contributed by atoms with E-state index in [9.17, 15) is 4.79 Å². The van der Waals surface area contributed by atoms with E-state index in [1.165, 1.54) is 6.07 Å². The molecule has 4 nitrogen and oxygen atoms in total. The standard InChI is InChI=1S/C8H6BrClO2.C2H4O2/c9-4-5-1-2-6(8(11)12)7(10)3-5;1-2(3)4/h1-3H,4H2,(H,11,12);1H3,(H,3,4). The van der Waals surface area contributed by atoms with Gasteiger partial charge in [0, 0.05) is 12.3 Å². The van der Waals surface area contributed by atoms with E-state index in [1.807, 2.05) is 0 Å². The molecule has 1 aromatic carbocycles. The Labute approximate surface area is 106 Å².